The van der Waals surface area contributed by atoms with Gasteiger partial charge in [-0.3, -0.25) is 0 Å². The predicted octanol–water partition coefficient (Wildman–Crippen LogP) is 1.27. The fourth-order valence-corrected chi connectivity index (χ4v) is 3.13. The van der Waals surface area contributed by atoms with Crippen LogP contribution in [0.25, 0.3) is 0 Å². The standard InChI is InChI=1S/C13H26N2O/c16-11-13(6-2-3-7-13)10-14-9-12-5-1-4-8-15-12/h12,14-16H,1-11H2. The summed E-state index contributed by atoms with van der Waals surface area (Å²) < 4.78 is 0. The zero-order valence-electron chi connectivity index (χ0n) is 10.3. The Labute approximate surface area is 99.0 Å². The van der Waals surface area contributed by atoms with E-state index in [9.17, 15) is 5.11 Å². The third kappa shape index (κ3) is 3.19. The molecule has 1 saturated carbocycles. The minimum absolute atomic E-state index is 0.203. The molecule has 16 heavy (non-hydrogen) atoms. The van der Waals surface area contributed by atoms with Gasteiger partial charge in [-0.2, -0.15) is 0 Å². The number of rotatable bonds is 5. The van der Waals surface area contributed by atoms with Gasteiger partial charge in [0, 0.05) is 31.2 Å². The minimum Gasteiger partial charge on any atom is -0.396 e. The monoisotopic (exact) mass is 226 g/mol. The lowest BCUT2D eigenvalue weighted by Crippen LogP contribution is -2.45. The van der Waals surface area contributed by atoms with Crippen LogP contribution in [0.15, 0.2) is 0 Å². The van der Waals surface area contributed by atoms with Gasteiger partial charge in [0.15, 0.2) is 0 Å². The maximum Gasteiger partial charge on any atom is 0.0499 e. The lowest BCUT2D eigenvalue weighted by molar-refractivity contribution is 0.127. The molecule has 3 nitrogen and oxygen atoms in total. The van der Waals surface area contributed by atoms with Crippen molar-refractivity contribution in [2.24, 2.45) is 5.41 Å². The molecule has 2 aliphatic rings. The summed E-state index contributed by atoms with van der Waals surface area (Å²) in [6, 6.07) is 0.658. The molecule has 0 radical (unpaired) electrons. The van der Waals surface area contributed by atoms with Gasteiger partial charge in [0.2, 0.25) is 0 Å². The molecule has 0 bridgehead atoms. The number of hydrogen-bond acceptors (Lipinski definition) is 3. The molecule has 1 aliphatic carbocycles. The molecule has 3 heteroatoms. The summed E-state index contributed by atoms with van der Waals surface area (Å²) in [6.07, 6.45) is 9.00. The molecule has 2 fully saturated rings. The molecule has 0 aromatic carbocycles. The van der Waals surface area contributed by atoms with Crippen molar-refractivity contribution in [3.05, 3.63) is 0 Å². The molecule has 0 aromatic rings. The second kappa shape index (κ2) is 5.99. The van der Waals surface area contributed by atoms with Crippen LogP contribution in [-0.2, 0) is 0 Å². The summed E-state index contributed by atoms with van der Waals surface area (Å²) in [6.45, 7) is 3.61. The van der Waals surface area contributed by atoms with E-state index in [2.05, 4.69) is 10.6 Å². The topological polar surface area (TPSA) is 44.3 Å². The van der Waals surface area contributed by atoms with Crippen molar-refractivity contribution < 1.29 is 5.11 Å². The van der Waals surface area contributed by atoms with E-state index in [1.165, 1.54) is 51.5 Å². The molecule has 94 valence electrons. The molecular weight excluding hydrogens is 200 g/mol. The van der Waals surface area contributed by atoms with Crippen LogP contribution in [0, 0.1) is 5.41 Å². The quantitative estimate of drug-likeness (QED) is 0.661. The molecule has 1 unspecified atom stereocenters. The third-order valence-electron chi connectivity index (χ3n) is 4.30. The average molecular weight is 226 g/mol. The minimum atomic E-state index is 0.203. The molecule has 3 N–H and O–H groups in total. The first-order valence-electron chi connectivity index (χ1n) is 6.90. The van der Waals surface area contributed by atoms with E-state index < -0.39 is 0 Å². The number of piperidine rings is 1. The van der Waals surface area contributed by atoms with E-state index in [-0.39, 0.29) is 5.41 Å². The van der Waals surface area contributed by atoms with E-state index in [4.69, 9.17) is 0 Å². The highest BCUT2D eigenvalue weighted by atomic mass is 16.3. The zero-order valence-corrected chi connectivity index (χ0v) is 10.3. The highest BCUT2D eigenvalue weighted by Gasteiger charge is 2.32. The van der Waals surface area contributed by atoms with E-state index >= 15 is 0 Å². The molecule has 1 aliphatic heterocycles. The van der Waals surface area contributed by atoms with E-state index in [1.807, 2.05) is 0 Å². The van der Waals surface area contributed by atoms with Crippen LogP contribution in [-0.4, -0.2) is 37.4 Å². The van der Waals surface area contributed by atoms with Crippen molar-refractivity contribution in [1.29, 1.82) is 0 Å². The fraction of sp³-hybridized carbons (Fsp3) is 1.00. The second-order valence-corrected chi connectivity index (χ2v) is 5.64. The maximum atomic E-state index is 9.50. The Kier molecular flexibility index (Phi) is 4.62. The van der Waals surface area contributed by atoms with Gasteiger partial charge in [-0.1, -0.05) is 19.3 Å². The SMILES string of the molecule is OCC1(CNCC2CCCCN2)CCCC1. The van der Waals surface area contributed by atoms with Gasteiger partial charge < -0.3 is 15.7 Å². The number of hydrogen-bond donors (Lipinski definition) is 3. The first-order chi connectivity index (χ1) is 7.85. The molecule has 0 aromatic heterocycles. The van der Waals surface area contributed by atoms with Gasteiger partial charge in [0.1, 0.15) is 0 Å². The first-order valence-corrected chi connectivity index (χ1v) is 6.90. The van der Waals surface area contributed by atoms with Gasteiger partial charge in [-0.05, 0) is 32.2 Å². The van der Waals surface area contributed by atoms with Gasteiger partial charge in [0.05, 0.1) is 0 Å². The molecule has 0 amide bonds. The van der Waals surface area contributed by atoms with Crippen LogP contribution in [0.4, 0.5) is 0 Å². The Hall–Kier alpha value is -0.120. The lowest BCUT2D eigenvalue weighted by atomic mass is 9.87. The third-order valence-corrected chi connectivity index (χ3v) is 4.30. The van der Waals surface area contributed by atoms with Crippen molar-refractivity contribution in [3.63, 3.8) is 0 Å². The summed E-state index contributed by atoms with van der Waals surface area (Å²) in [5.41, 5.74) is 0.203. The van der Waals surface area contributed by atoms with Gasteiger partial charge in [-0.25, -0.2) is 0 Å². The summed E-state index contributed by atoms with van der Waals surface area (Å²) in [4.78, 5) is 0. The van der Waals surface area contributed by atoms with Crippen LogP contribution in [0.1, 0.15) is 44.9 Å². The van der Waals surface area contributed by atoms with Crippen molar-refractivity contribution in [3.8, 4) is 0 Å². The van der Waals surface area contributed by atoms with Gasteiger partial charge in [-0.15, -0.1) is 0 Å². The van der Waals surface area contributed by atoms with Crippen molar-refractivity contribution in [2.75, 3.05) is 26.2 Å². The Balaban J connectivity index is 1.66. The van der Waals surface area contributed by atoms with Crippen molar-refractivity contribution in [2.45, 2.75) is 51.0 Å². The summed E-state index contributed by atoms with van der Waals surface area (Å²) >= 11 is 0. The average Bonchev–Trinajstić information content (AvgIpc) is 2.80. The first kappa shape index (κ1) is 12.3. The summed E-state index contributed by atoms with van der Waals surface area (Å²) in [5, 5.41) is 16.6. The fourth-order valence-electron chi connectivity index (χ4n) is 3.13. The Morgan fingerprint density at radius 3 is 2.62 bits per heavy atom. The number of aliphatic hydroxyl groups is 1. The largest absolute Gasteiger partial charge is 0.396 e. The molecule has 2 rings (SSSR count). The normalized spacial score (nSPS) is 29.4. The molecular formula is C13H26N2O. The molecule has 0 spiro atoms. The summed E-state index contributed by atoms with van der Waals surface area (Å²) in [7, 11) is 0. The second-order valence-electron chi connectivity index (χ2n) is 5.64. The Bertz CT molecular complexity index is 196. The van der Waals surface area contributed by atoms with Crippen LogP contribution in [0.3, 0.4) is 0 Å². The van der Waals surface area contributed by atoms with Gasteiger partial charge >= 0.3 is 0 Å². The Morgan fingerprint density at radius 1 is 1.19 bits per heavy atom. The number of aliphatic hydroxyl groups excluding tert-OH is 1. The van der Waals surface area contributed by atoms with Crippen LogP contribution in [0.5, 0.6) is 0 Å². The Morgan fingerprint density at radius 2 is 2.00 bits per heavy atom. The highest BCUT2D eigenvalue weighted by molar-refractivity contribution is 4.87. The maximum absolute atomic E-state index is 9.50. The van der Waals surface area contributed by atoms with E-state index in [0.717, 1.165) is 13.1 Å². The predicted molar refractivity (Wildman–Crippen MR) is 66.5 cm³/mol. The zero-order chi connectivity index (χ0) is 11.3. The molecule has 1 saturated heterocycles. The van der Waals surface area contributed by atoms with E-state index in [1.54, 1.807) is 0 Å². The van der Waals surface area contributed by atoms with Crippen molar-refractivity contribution in [1.82, 2.24) is 10.6 Å². The summed E-state index contributed by atoms with van der Waals surface area (Å²) in [5.74, 6) is 0. The van der Waals surface area contributed by atoms with Crippen LogP contribution in [0.2, 0.25) is 0 Å². The highest BCUT2D eigenvalue weighted by Crippen LogP contribution is 2.36. The van der Waals surface area contributed by atoms with E-state index in [0.29, 0.717) is 12.6 Å². The molecule has 1 atom stereocenters. The number of nitrogens with one attached hydrogen (secondary N) is 2. The van der Waals surface area contributed by atoms with Crippen molar-refractivity contribution >= 4 is 0 Å². The lowest BCUT2D eigenvalue weighted by Gasteiger charge is -2.29. The van der Waals surface area contributed by atoms with Gasteiger partial charge in [0.25, 0.3) is 0 Å². The molecule has 1 heterocycles. The van der Waals surface area contributed by atoms with Crippen LogP contribution >= 0.6 is 0 Å². The van der Waals surface area contributed by atoms with Crippen LogP contribution < -0.4 is 10.6 Å². The smallest absolute Gasteiger partial charge is 0.0499 e.